The van der Waals surface area contributed by atoms with E-state index in [4.69, 9.17) is 0 Å². The zero-order chi connectivity index (χ0) is 16.8. The average Bonchev–Trinajstić information content (AvgIpc) is 3.08. The van der Waals surface area contributed by atoms with Crippen molar-refractivity contribution in [2.45, 2.75) is 64.6 Å². The zero-order valence-corrected chi connectivity index (χ0v) is 14.5. The van der Waals surface area contributed by atoms with E-state index < -0.39 is 0 Å². The molecule has 3 aliphatic rings. The molecule has 1 aliphatic heterocycles. The minimum absolute atomic E-state index is 0.0116. The van der Waals surface area contributed by atoms with Crippen molar-refractivity contribution in [3.8, 4) is 0 Å². The molecule has 1 aromatic rings. The monoisotopic (exact) mass is 330 g/mol. The maximum Gasteiger partial charge on any atom is 0.226 e. The number of carbonyl (C=O) groups is 2. The van der Waals surface area contributed by atoms with Gasteiger partial charge in [-0.05, 0) is 38.5 Å². The summed E-state index contributed by atoms with van der Waals surface area (Å²) in [6.07, 6.45) is 6.73. The van der Waals surface area contributed by atoms with Gasteiger partial charge < -0.3 is 14.8 Å². The average molecular weight is 330 g/mol. The van der Waals surface area contributed by atoms with E-state index in [1.807, 2.05) is 18.0 Å². The molecule has 1 N–H and O–H groups in total. The molecule has 130 valence electrons. The third-order valence-electron chi connectivity index (χ3n) is 5.80. The summed E-state index contributed by atoms with van der Waals surface area (Å²) < 4.78 is 2.11. The Morgan fingerprint density at radius 2 is 2.04 bits per heavy atom. The smallest absolute Gasteiger partial charge is 0.226 e. The number of fused-ring (bicyclic) bond motifs is 1. The molecule has 2 heterocycles. The Balaban J connectivity index is 1.42. The van der Waals surface area contributed by atoms with E-state index in [1.165, 1.54) is 6.42 Å². The van der Waals surface area contributed by atoms with Gasteiger partial charge in [0.05, 0.1) is 18.2 Å². The number of amides is 2. The quantitative estimate of drug-likeness (QED) is 0.913. The highest BCUT2D eigenvalue weighted by molar-refractivity contribution is 5.82. The molecule has 0 radical (unpaired) electrons. The molecule has 2 fully saturated rings. The summed E-state index contributed by atoms with van der Waals surface area (Å²) >= 11 is 0. The lowest BCUT2D eigenvalue weighted by Crippen LogP contribution is -2.42. The van der Waals surface area contributed by atoms with Crippen LogP contribution in [0.4, 0.5) is 0 Å². The van der Waals surface area contributed by atoms with Gasteiger partial charge in [0.15, 0.2) is 0 Å². The molecule has 6 heteroatoms. The van der Waals surface area contributed by atoms with Crippen molar-refractivity contribution >= 4 is 11.8 Å². The maximum absolute atomic E-state index is 12.6. The van der Waals surface area contributed by atoms with Gasteiger partial charge >= 0.3 is 0 Å². The molecule has 1 aromatic heterocycles. The minimum Gasteiger partial charge on any atom is -0.353 e. The Morgan fingerprint density at radius 1 is 1.29 bits per heavy atom. The van der Waals surface area contributed by atoms with Crippen LogP contribution in [0.2, 0.25) is 0 Å². The van der Waals surface area contributed by atoms with Gasteiger partial charge in [-0.15, -0.1) is 0 Å². The largest absolute Gasteiger partial charge is 0.353 e. The number of carbonyl (C=O) groups excluding carboxylic acids is 2. The lowest BCUT2D eigenvalue weighted by Gasteiger charge is -2.34. The van der Waals surface area contributed by atoms with Crippen LogP contribution < -0.4 is 5.32 Å². The van der Waals surface area contributed by atoms with Crippen LogP contribution in [-0.2, 0) is 22.6 Å². The van der Waals surface area contributed by atoms with E-state index >= 15 is 0 Å². The van der Waals surface area contributed by atoms with Gasteiger partial charge in [0, 0.05) is 31.2 Å². The van der Waals surface area contributed by atoms with Crippen molar-refractivity contribution in [1.82, 2.24) is 19.8 Å². The van der Waals surface area contributed by atoms with Gasteiger partial charge in [-0.3, -0.25) is 9.59 Å². The van der Waals surface area contributed by atoms with Crippen molar-refractivity contribution < 1.29 is 9.59 Å². The van der Waals surface area contributed by atoms with Crippen LogP contribution in [0.5, 0.6) is 0 Å². The van der Waals surface area contributed by atoms with Gasteiger partial charge in [0.1, 0.15) is 5.82 Å². The fourth-order valence-electron chi connectivity index (χ4n) is 3.81. The minimum atomic E-state index is -0.0116. The van der Waals surface area contributed by atoms with Crippen LogP contribution in [-0.4, -0.2) is 38.9 Å². The van der Waals surface area contributed by atoms with E-state index in [9.17, 15) is 9.59 Å². The SMILES string of the molecule is C[C@@H]1C[C@H]1C(=O)N1CCn2cc(CC(=O)NC3CCC3)nc2[C@H]1C. The Labute approximate surface area is 142 Å². The molecular formula is C18H26N4O2. The predicted molar refractivity (Wildman–Crippen MR) is 89.1 cm³/mol. The Kier molecular flexibility index (Phi) is 3.85. The van der Waals surface area contributed by atoms with Gasteiger partial charge in [-0.2, -0.15) is 0 Å². The predicted octanol–water partition coefficient (Wildman–Crippen LogP) is 1.65. The first-order valence-electron chi connectivity index (χ1n) is 9.18. The summed E-state index contributed by atoms with van der Waals surface area (Å²) in [6.45, 7) is 5.68. The number of imidazole rings is 1. The first-order chi connectivity index (χ1) is 11.5. The van der Waals surface area contributed by atoms with Gasteiger partial charge in [0.2, 0.25) is 11.8 Å². The standard InChI is InChI=1S/C18H26N4O2/c1-11-8-15(11)18(24)22-7-6-21-10-14(20-17(21)12(22)2)9-16(23)19-13-4-3-5-13/h10-13,15H,3-9H2,1-2H3,(H,19,23)/t11-,12-,15-/m1/s1. The van der Waals surface area contributed by atoms with Crippen LogP contribution in [0.15, 0.2) is 6.20 Å². The molecule has 0 bridgehead atoms. The van der Waals surface area contributed by atoms with Crippen molar-refractivity contribution in [2.24, 2.45) is 11.8 Å². The number of nitrogens with zero attached hydrogens (tertiary/aromatic N) is 3. The number of aromatic nitrogens is 2. The molecule has 3 atom stereocenters. The van der Waals surface area contributed by atoms with Crippen LogP contribution in [0, 0.1) is 11.8 Å². The lowest BCUT2D eigenvalue weighted by atomic mass is 9.93. The number of hydrogen-bond acceptors (Lipinski definition) is 3. The summed E-state index contributed by atoms with van der Waals surface area (Å²) in [5.41, 5.74) is 0.808. The highest BCUT2D eigenvalue weighted by Gasteiger charge is 2.44. The molecule has 0 aromatic carbocycles. The molecule has 24 heavy (non-hydrogen) atoms. The van der Waals surface area contributed by atoms with Crippen molar-refractivity contribution in [3.63, 3.8) is 0 Å². The highest BCUT2D eigenvalue weighted by Crippen LogP contribution is 2.41. The van der Waals surface area contributed by atoms with Crippen LogP contribution in [0.25, 0.3) is 0 Å². The molecule has 2 aliphatic carbocycles. The molecule has 4 rings (SSSR count). The van der Waals surface area contributed by atoms with Gasteiger partial charge in [-0.1, -0.05) is 6.92 Å². The zero-order valence-electron chi connectivity index (χ0n) is 14.5. The summed E-state index contributed by atoms with van der Waals surface area (Å²) in [6, 6.07) is 0.352. The van der Waals surface area contributed by atoms with Crippen molar-refractivity contribution in [1.29, 1.82) is 0 Å². The van der Waals surface area contributed by atoms with E-state index in [0.29, 0.717) is 18.4 Å². The van der Waals surface area contributed by atoms with E-state index in [1.54, 1.807) is 0 Å². The number of nitrogens with one attached hydrogen (secondary N) is 1. The van der Waals surface area contributed by atoms with Crippen molar-refractivity contribution in [2.75, 3.05) is 6.54 Å². The van der Waals surface area contributed by atoms with Crippen LogP contribution >= 0.6 is 0 Å². The molecule has 2 amide bonds. The number of rotatable bonds is 4. The molecule has 2 saturated carbocycles. The van der Waals surface area contributed by atoms with E-state index in [2.05, 4.69) is 21.8 Å². The molecule has 0 unspecified atom stereocenters. The molecular weight excluding hydrogens is 304 g/mol. The Bertz CT molecular complexity index is 664. The van der Waals surface area contributed by atoms with Crippen molar-refractivity contribution in [3.05, 3.63) is 17.7 Å². The maximum atomic E-state index is 12.6. The van der Waals surface area contributed by atoms with Crippen LogP contribution in [0.1, 0.15) is 57.1 Å². The van der Waals surface area contributed by atoms with E-state index in [0.717, 1.165) is 43.9 Å². The second-order valence-electron chi connectivity index (χ2n) is 7.68. The molecule has 0 spiro atoms. The number of hydrogen-bond donors (Lipinski definition) is 1. The first-order valence-corrected chi connectivity index (χ1v) is 9.18. The summed E-state index contributed by atoms with van der Waals surface area (Å²) in [7, 11) is 0. The summed E-state index contributed by atoms with van der Waals surface area (Å²) in [4.78, 5) is 31.3. The normalized spacial score (nSPS) is 28.9. The van der Waals surface area contributed by atoms with Gasteiger partial charge in [-0.25, -0.2) is 4.98 Å². The summed E-state index contributed by atoms with van der Waals surface area (Å²) in [5, 5.41) is 3.06. The fourth-order valence-corrected chi connectivity index (χ4v) is 3.81. The Morgan fingerprint density at radius 3 is 2.67 bits per heavy atom. The molecule has 6 nitrogen and oxygen atoms in total. The molecule has 0 saturated heterocycles. The first kappa shape index (κ1) is 15.7. The second-order valence-corrected chi connectivity index (χ2v) is 7.68. The van der Waals surface area contributed by atoms with Crippen LogP contribution in [0.3, 0.4) is 0 Å². The lowest BCUT2D eigenvalue weighted by molar-refractivity contribution is -0.136. The fraction of sp³-hybridized carbons (Fsp3) is 0.722. The third kappa shape index (κ3) is 2.82. The van der Waals surface area contributed by atoms with Gasteiger partial charge in [0.25, 0.3) is 0 Å². The second kappa shape index (κ2) is 5.90. The highest BCUT2D eigenvalue weighted by atomic mass is 16.2. The summed E-state index contributed by atoms with van der Waals surface area (Å²) in [5.74, 6) is 1.98. The topological polar surface area (TPSA) is 67.2 Å². The Hall–Kier alpha value is -1.85. The van der Waals surface area contributed by atoms with E-state index in [-0.39, 0.29) is 23.8 Å². The third-order valence-corrected chi connectivity index (χ3v) is 5.80.